The summed E-state index contributed by atoms with van der Waals surface area (Å²) in [4.78, 5) is 27.9. The predicted octanol–water partition coefficient (Wildman–Crippen LogP) is 4.22. The maximum absolute atomic E-state index is 13.1. The number of nitrogens with zero attached hydrogens (tertiary/aromatic N) is 1. The third kappa shape index (κ3) is 4.81. The van der Waals surface area contributed by atoms with Crippen molar-refractivity contribution in [1.29, 1.82) is 0 Å². The second-order valence-corrected chi connectivity index (χ2v) is 7.99. The molecule has 0 radical (unpaired) electrons. The first kappa shape index (κ1) is 21.6. The van der Waals surface area contributed by atoms with E-state index in [2.05, 4.69) is 26.9 Å². The Labute approximate surface area is 188 Å². The second-order valence-electron chi connectivity index (χ2n) is 7.99. The van der Waals surface area contributed by atoms with Crippen molar-refractivity contribution in [1.82, 2.24) is 5.32 Å². The molecule has 2 amide bonds. The molecule has 3 N–H and O–H groups in total. The molecule has 164 valence electrons. The van der Waals surface area contributed by atoms with Gasteiger partial charge in [-0.25, -0.2) is 0 Å². The van der Waals surface area contributed by atoms with Crippen molar-refractivity contribution in [3.8, 4) is 0 Å². The van der Waals surface area contributed by atoms with Crippen LogP contribution in [0.4, 0.5) is 17.1 Å². The SMILES string of the molecule is Cc1ccc(NC(=O)c2ccccc2)cc1NC(=O)c1cccc(N2CCNCC2)c1C. The largest absolute Gasteiger partial charge is 0.369 e. The van der Waals surface area contributed by atoms with Gasteiger partial charge in [-0.3, -0.25) is 9.59 Å². The summed E-state index contributed by atoms with van der Waals surface area (Å²) in [5, 5.41) is 9.29. The van der Waals surface area contributed by atoms with Crippen LogP contribution in [0.2, 0.25) is 0 Å². The molecule has 0 aromatic heterocycles. The number of hydrogen-bond donors (Lipinski definition) is 3. The van der Waals surface area contributed by atoms with Gasteiger partial charge in [-0.2, -0.15) is 0 Å². The van der Waals surface area contributed by atoms with Gasteiger partial charge in [0.25, 0.3) is 11.8 Å². The Morgan fingerprint density at radius 1 is 0.844 bits per heavy atom. The summed E-state index contributed by atoms with van der Waals surface area (Å²) in [5.74, 6) is -0.347. The van der Waals surface area contributed by atoms with Crippen molar-refractivity contribution in [3.63, 3.8) is 0 Å². The van der Waals surface area contributed by atoms with Crippen molar-refractivity contribution in [2.24, 2.45) is 0 Å². The fourth-order valence-electron chi connectivity index (χ4n) is 3.93. The minimum Gasteiger partial charge on any atom is -0.369 e. The minimum absolute atomic E-state index is 0.158. The van der Waals surface area contributed by atoms with E-state index < -0.39 is 0 Å². The molecule has 6 nitrogen and oxygen atoms in total. The molecule has 32 heavy (non-hydrogen) atoms. The molecular formula is C26H28N4O2. The highest BCUT2D eigenvalue weighted by Gasteiger charge is 2.18. The van der Waals surface area contributed by atoms with E-state index in [1.54, 1.807) is 18.2 Å². The molecule has 0 spiro atoms. The van der Waals surface area contributed by atoms with E-state index >= 15 is 0 Å². The number of rotatable bonds is 5. The van der Waals surface area contributed by atoms with Gasteiger partial charge in [0, 0.05) is 54.4 Å². The molecule has 0 bridgehead atoms. The zero-order valence-corrected chi connectivity index (χ0v) is 18.4. The summed E-state index contributed by atoms with van der Waals surface area (Å²) < 4.78 is 0. The van der Waals surface area contributed by atoms with Crippen LogP contribution >= 0.6 is 0 Å². The molecular weight excluding hydrogens is 400 g/mol. The lowest BCUT2D eigenvalue weighted by atomic mass is 10.0. The summed E-state index contributed by atoms with van der Waals surface area (Å²) >= 11 is 0. The van der Waals surface area contributed by atoms with Gasteiger partial charge in [0.2, 0.25) is 0 Å². The van der Waals surface area contributed by atoms with Gasteiger partial charge in [-0.1, -0.05) is 30.3 Å². The van der Waals surface area contributed by atoms with Gasteiger partial charge in [-0.05, 0) is 61.4 Å². The van der Waals surface area contributed by atoms with E-state index in [0.717, 1.165) is 43.0 Å². The summed E-state index contributed by atoms with van der Waals surface area (Å²) in [5.41, 5.74) is 5.53. The molecule has 1 aliphatic heterocycles. The quantitative estimate of drug-likeness (QED) is 0.569. The van der Waals surface area contributed by atoms with Crippen LogP contribution in [0.3, 0.4) is 0 Å². The first-order chi connectivity index (χ1) is 15.5. The Balaban J connectivity index is 1.52. The van der Waals surface area contributed by atoms with Crippen LogP contribution in [0, 0.1) is 13.8 Å². The van der Waals surface area contributed by atoms with Gasteiger partial charge < -0.3 is 20.9 Å². The third-order valence-electron chi connectivity index (χ3n) is 5.79. The number of benzene rings is 3. The lowest BCUT2D eigenvalue weighted by Gasteiger charge is -2.31. The molecule has 0 atom stereocenters. The van der Waals surface area contributed by atoms with E-state index in [1.807, 2.05) is 56.3 Å². The molecule has 0 unspecified atom stereocenters. The Bertz CT molecular complexity index is 1120. The van der Waals surface area contributed by atoms with Crippen LogP contribution in [0.1, 0.15) is 31.8 Å². The molecule has 6 heteroatoms. The molecule has 1 saturated heterocycles. The Hall–Kier alpha value is -3.64. The van der Waals surface area contributed by atoms with Gasteiger partial charge >= 0.3 is 0 Å². The number of hydrogen-bond acceptors (Lipinski definition) is 4. The normalized spacial score (nSPS) is 13.5. The number of piperazine rings is 1. The van der Waals surface area contributed by atoms with Crippen LogP contribution in [-0.2, 0) is 0 Å². The molecule has 1 fully saturated rings. The number of carbonyl (C=O) groups excluding carboxylic acids is 2. The predicted molar refractivity (Wildman–Crippen MR) is 130 cm³/mol. The fourth-order valence-corrected chi connectivity index (χ4v) is 3.93. The highest BCUT2D eigenvalue weighted by Crippen LogP contribution is 2.26. The average Bonchev–Trinajstić information content (AvgIpc) is 2.82. The number of nitrogens with one attached hydrogen (secondary N) is 3. The first-order valence-electron chi connectivity index (χ1n) is 10.9. The second kappa shape index (κ2) is 9.66. The van der Waals surface area contributed by atoms with Gasteiger partial charge in [0.15, 0.2) is 0 Å². The van der Waals surface area contributed by atoms with Crippen molar-refractivity contribution in [2.45, 2.75) is 13.8 Å². The Morgan fingerprint density at radius 2 is 1.59 bits per heavy atom. The summed E-state index contributed by atoms with van der Waals surface area (Å²) in [6.45, 7) is 7.66. The van der Waals surface area contributed by atoms with Crippen molar-refractivity contribution >= 4 is 28.9 Å². The molecule has 0 saturated carbocycles. The van der Waals surface area contributed by atoms with Gasteiger partial charge in [-0.15, -0.1) is 0 Å². The van der Waals surface area contributed by atoms with Crippen LogP contribution in [0.15, 0.2) is 66.7 Å². The number of carbonyl (C=O) groups is 2. The van der Waals surface area contributed by atoms with E-state index in [-0.39, 0.29) is 11.8 Å². The van der Waals surface area contributed by atoms with Crippen LogP contribution in [-0.4, -0.2) is 38.0 Å². The summed E-state index contributed by atoms with van der Waals surface area (Å²) in [6, 6.07) is 20.4. The maximum atomic E-state index is 13.1. The van der Waals surface area contributed by atoms with E-state index in [1.165, 1.54) is 0 Å². The lowest BCUT2D eigenvalue weighted by molar-refractivity contribution is 0.101. The summed E-state index contributed by atoms with van der Waals surface area (Å²) in [6.07, 6.45) is 0. The van der Waals surface area contributed by atoms with E-state index in [4.69, 9.17) is 0 Å². The highest BCUT2D eigenvalue weighted by molar-refractivity contribution is 6.08. The smallest absolute Gasteiger partial charge is 0.256 e. The standard InChI is InChI=1S/C26H28N4O2/c1-18-11-12-21(28-25(31)20-7-4-3-5-8-20)17-23(18)29-26(32)22-9-6-10-24(19(22)2)30-15-13-27-14-16-30/h3-12,17,27H,13-16H2,1-2H3,(H,28,31)(H,29,32). The number of amides is 2. The summed E-state index contributed by atoms with van der Waals surface area (Å²) in [7, 11) is 0. The molecule has 0 aliphatic carbocycles. The van der Waals surface area contributed by atoms with E-state index in [0.29, 0.717) is 22.5 Å². The van der Waals surface area contributed by atoms with Gasteiger partial charge in [0.05, 0.1) is 0 Å². The van der Waals surface area contributed by atoms with E-state index in [9.17, 15) is 9.59 Å². The monoisotopic (exact) mass is 428 g/mol. The number of aryl methyl sites for hydroxylation is 1. The molecule has 1 aliphatic rings. The van der Waals surface area contributed by atoms with Crippen molar-refractivity contribution in [2.75, 3.05) is 41.7 Å². The van der Waals surface area contributed by atoms with Crippen molar-refractivity contribution < 1.29 is 9.59 Å². The Kier molecular flexibility index (Phi) is 6.52. The first-order valence-corrected chi connectivity index (χ1v) is 10.9. The molecule has 4 rings (SSSR count). The number of anilines is 3. The minimum atomic E-state index is -0.189. The Morgan fingerprint density at radius 3 is 2.34 bits per heavy atom. The maximum Gasteiger partial charge on any atom is 0.256 e. The molecule has 3 aromatic carbocycles. The van der Waals surface area contributed by atoms with Crippen molar-refractivity contribution in [3.05, 3.63) is 89.0 Å². The zero-order valence-electron chi connectivity index (χ0n) is 18.4. The topological polar surface area (TPSA) is 73.5 Å². The fraction of sp³-hybridized carbons (Fsp3) is 0.231. The highest BCUT2D eigenvalue weighted by atomic mass is 16.2. The zero-order chi connectivity index (χ0) is 22.5. The lowest BCUT2D eigenvalue weighted by Crippen LogP contribution is -2.43. The average molecular weight is 429 g/mol. The molecule has 3 aromatic rings. The van der Waals surface area contributed by atoms with Crippen LogP contribution in [0.5, 0.6) is 0 Å². The van der Waals surface area contributed by atoms with Gasteiger partial charge in [0.1, 0.15) is 0 Å². The molecule has 1 heterocycles. The van der Waals surface area contributed by atoms with Crippen LogP contribution in [0.25, 0.3) is 0 Å². The van der Waals surface area contributed by atoms with Crippen LogP contribution < -0.4 is 20.9 Å². The third-order valence-corrected chi connectivity index (χ3v) is 5.79.